The molecular formula is C13H11FN4O2S. The van der Waals surface area contributed by atoms with Crippen molar-refractivity contribution in [1.82, 2.24) is 9.38 Å². The number of halogens is 1. The van der Waals surface area contributed by atoms with Gasteiger partial charge in [-0.1, -0.05) is 23.5 Å². The van der Waals surface area contributed by atoms with Gasteiger partial charge >= 0.3 is 5.82 Å². The fraction of sp³-hybridized carbons (Fsp3) is 0.154. The minimum Gasteiger partial charge on any atom is -0.358 e. The Balaban J connectivity index is 1.95. The maximum absolute atomic E-state index is 12.9. The molecule has 0 saturated carbocycles. The Morgan fingerprint density at radius 3 is 2.81 bits per heavy atom. The maximum atomic E-state index is 12.9. The van der Waals surface area contributed by atoms with E-state index in [0.29, 0.717) is 17.3 Å². The van der Waals surface area contributed by atoms with E-state index >= 15 is 0 Å². The Morgan fingerprint density at radius 1 is 1.43 bits per heavy atom. The SMILES string of the molecule is CN(Cc1ccc(F)cc1)c1nc2sccn2c1[N+](=O)[O-]. The van der Waals surface area contributed by atoms with E-state index in [1.165, 1.54) is 27.9 Å². The van der Waals surface area contributed by atoms with Crippen LogP contribution in [0.4, 0.5) is 16.0 Å². The molecule has 0 amide bonds. The van der Waals surface area contributed by atoms with E-state index in [0.717, 1.165) is 5.56 Å². The number of fused-ring (bicyclic) bond motifs is 1. The number of thiazole rings is 1. The van der Waals surface area contributed by atoms with E-state index in [9.17, 15) is 14.5 Å². The van der Waals surface area contributed by atoms with E-state index in [-0.39, 0.29) is 11.6 Å². The van der Waals surface area contributed by atoms with Crippen molar-refractivity contribution in [2.24, 2.45) is 0 Å². The molecule has 0 atom stereocenters. The van der Waals surface area contributed by atoms with Crippen LogP contribution in [0.2, 0.25) is 0 Å². The Bertz CT molecular complexity index is 796. The summed E-state index contributed by atoms with van der Waals surface area (Å²) < 4.78 is 14.4. The van der Waals surface area contributed by atoms with E-state index in [2.05, 4.69) is 4.98 Å². The molecule has 0 N–H and O–H groups in total. The first-order valence-corrected chi connectivity index (χ1v) is 7.00. The van der Waals surface area contributed by atoms with Gasteiger partial charge in [0.1, 0.15) is 12.0 Å². The highest BCUT2D eigenvalue weighted by atomic mass is 32.1. The Morgan fingerprint density at radius 2 is 2.14 bits per heavy atom. The quantitative estimate of drug-likeness (QED) is 0.549. The fourth-order valence-electron chi connectivity index (χ4n) is 2.13. The highest BCUT2D eigenvalue weighted by molar-refractivity contribution is 7.15. The summed E-state index contributed by atoms with van der Waals surface area (Å²) in [5, 5.41) is 13.0. The van der Waals surface area contributed by atoms with E-state index < -0.39 is 4.92 Å². The lowest BCUT2D eigenvalue weighted by Crippen LogP contribution is -2.18. The van der Waals surface area contributed by atoms with Gasteiger partial charge in [0.05, 0.1) is 0 Å². The predicted octanol–water partition coefficient (Wildman–Crippen LogP) is 3.08. The number of anilines is 1. The third-order valence-corrected chi connectivity index (χ3v) is 3.84. The summed E-state index contributed by atoms with van der Waals surface area (Å²) in [5.74, 6) is -0.0677. The van der Waals surface area contributed by atoms with Crippen LogP contribution in [-0.2, 0) is 6.54 Å². The van der Waals surface area contributed by atoms with Gasteiger partial charge < -0.3 is 15.0 Å². The molecule has 0 fully saturated rings. The second-order valence-electron chi connectivity index (χ2n) is 4.55. The summed E-state index contributed by atoms with van der Waals surface area (Å²) >= 11 is 1.34. The Kier molecular flexibility index (Phi) is 3.30. The summed E-state index contributed by atoms with van der Waals surface area (Å²) in [7, 11) is 1.72. The second-order valence-corrected chi connectivity index (χ2v) is 5.43. The number of hydrogen-bond donors (Lipinski definition) is 0. The van der Waals surface area contributed by atoms with Crippen LogP contribution < -0.4 is 4.90 Å². The normalized spacial score (nSPS) is 11.0. The van der Waals surface area contributed by atoms with Crippen LogP contribution in [0.15, 0.2) is 35.8 Å². The van der Waals surface area contributed by atoms with Gasteiger partial charge in [0.25, 0.3) is 4.96 Å². The van der Waals surface area contributed by atoms with Crippen molar-refractivity contribution in [2.75, 3.05) is 11.9 Å². The lowest BCUT2D eigenvalue weighted by atomic mass is 10.2. The third kappa shape index (κ3) is 2.45. The summed E-state index contributed by atoms with van der Waals surface area (Å²) in [6, 6.07) is 6.03. The standard InChI is InChI=1S/C13H11FN4O2S/c1-16(8-9-2-4-10(14)5-3-9)11-12(18(19)20)17-6-7-21-13(17)15-11/h2-7H,8H2,1H3. The van der Waals surface area contributed by atoms with Crippen molar-refractivity contribution >= 4 is 27.9 Å². The highest BCUT2D eigenvalue weighted by Crippen LogP contribution is 2.31. The van der Waals surface area contributed by atoms with E-state index in [1.807, 2.05) is 0 Å². The number of nitro groups is 1. The molecule has 21 heavy (non-hydrogen) atoms. The third-order valence-electron chi connectivity index (χ3n) is 3.09. The van der Waals surface area contributed by atoms with Crippen molar-refractivity contribution in [3.05, 3.63) is 57.3 Å². The van der Waals surface area contributed by atoms with Crippen molar-refractivity contribution in [3.63, 3.8) is 0 Å². The topological polar surface area (TPSA) is 63.7 Å². The molecule has 0 saturated heterocycles. The van der Waals surface area contributed by atoms with Crippen LogP contribution in [0.1, 0.15) is 5.56 Å². The molecule has 0 aliphatic carbocycles. The molecule has 0 bridgehead atoms. The number of rotatable bonds is 4. The average molecular weight is 306 g/mol. The summed E-state index contributed by atoms with van der Waals surface area (Å²) in [6.07, 6.45) is 1.63. The van der Waals surface area contributed by atoms with Gasteiger partial charge in [0, 0.05) is 19.0 Å². The van der Waals surface area contributed by atoms with Crippen molar-refractivity contribution in [2.45, 2.75) is 6.54 Å². The van der Waals surface area contributed by atoms with Gasteiger partial charge in [-0.15, -0.1) is 0 Å². The number of benzene rings is 1. The van der Waals surface area contributed by atoms with Gasteiger partial charge in [-0.2, -0.15) is 9.38 Å². The maximum Gasteiger partial charge on any atom is 0.373 e. The fourth-order valence-corrected chi connectivity index (χ4v) is 2.83. The van der Waals surface area contributed by atoms with Crippen LogP contribution in [0.3, 0.4) is 0 Å². The van der Waals surface area contributed by atoms with Crippen LogP contribution in [0, 0.1) is 15.9 Å². The van der Waals surface area contributed by atoms with Gasteiger partial charge in [-0.3, -0.25) is 0 Å². The minimum atomic E-state index is -0.441. The number of aromatic nitrogens is 2. The second kappa shape index (κ2) is 5.13. The molecule has 6 nitrogen and oxygen atoms in total. The van der Waals surface area contributed by atoms with E-state index in [1.54, 1.807) is 35.7 Å². The molecule has 3 aromatic rings. The van der Waals surface area contributed by atoms with Crippen LogP contribution >= 0.6 is 11.3 Å². The highest BCUT2D eigenvalue weighted by Gasteiger charge is 2.26. The molecule has 2 heterocycles. The minimum absolute atomic E-state index is 0.0594. The number of imidazole rings is 1. The largest absolute Gasteiger partial charge is 0.373 e. The van der Waals surface area contributed by atoms with Crippen molar-refractivity contribution < 1.29 is 9.31 Å². The van der Waals surface area contributed by atoms with Gasteiger partial charge in [0.2, 0.25) is 5.82 Å². The van der Waals surface area contributed by atoms with Crippen molar-refractivity contribution in [1.29, 1.82) is 0 Å². The first-order chi connectivity index (χ1) is 10.1. The zero-order chi connectivity index (χ0) is 15.0. The van der Waals surface area contributed by atoms with Gasteiger partial charge in [0.15, 0.2) is 0 Å². The smallest absolute Gasteiger partial charge is 0.358 e. The first-order valence-electron chi connectivity index (χ1n) is 6.12. The predicted molar refractivity (Wildman–Crippen MR) is 78.2 cm³/mol. The molecular weight excluding hydrogens is 295 g/mol. The molecule has 1 aromatic carbocycles. The summed E-state index contributed by atoms with van der Waals surface area (Å²) in [6.45, 7) is 0.409. The van der Waals surface area contributed by atoms with Crippen LogP contribution in [-0.4, -0.2) is 21.4 Å². The molecule has 0 aliphatic rings. The monoisotopic (exact) mass is 306 g/mol. The van der Waals surface area contributed by atoms with Crippen molar-refractivity contribution in [3.8, 4) is 0 Å². The molecule has 2 aromatic heterocycles. The molecule has 8 heteroatoms. The average Bonchev–Trinajstić information content (AvgIpc) is 3.00. The Labute approximate surface area is 123 Å². The molecule has 0 unspecified atom stereocenters. The summed E-state index contributed by atoms with van der Waals surface area (Å²) in [5.41, 5.74) is 0.851. The van der Waals surface area contributed by atoms with Gasteiger partial charge in [-0.25, -0.2) is 4.39 Å². The zero-order valence-electron chi connectivity index (χ0n) is 11.1. The lowest BCUT2D eigenvalue weighted by Gasteiger charge is -2.15. The Hall–Kier alpha value is -2.48. The number of hydrogen-bond acceptors (Lipinski definition) is 5. The molecule has 3 rings (SSSR count). The first kappa shape index (κ1) is 13.5. The summed E-state index contributed by atoms with van der Waals surface area (Å²) in [4.78, 5) is 17.4. The lowest BCUT2D eigenvalue weighted by molar-refractivity contribution is -0.389. The number of nitrogens with zero attached hydrogens (tertiary/aromatic N) is 4. The molecule has 108 valence electrons. The van der Waals surface area contributed by atoms with Crippen LogP contribution in [0.5, 0.6) is 0 Å². The molecule has 0 aliphatic heterocycles. The molecule has 0 radical (unpaired) electrons. The van der Waals surface area contributed by atoms with Crippen LogP contribution in [0.25, 0.3) is 4.96 Å². The van der Waals surface area contributed by atoms with E-state index in [4.69, 9.17) is 0 Å². The molecule has 0 spiro atoms. The van der Waals surface area contributed by atoms with Gasteiger partial charge in [-0.05, 0) is 22.6 Å². The zero-order valence-corrected chi connectivity index (χ0v) is 11.9.